The van der Waals surface area contributed by atoms with Crippen LogP contribution in [-0.4, -0.2) is 29.1 Å². The van der Waals surface area contributed by atoms with Gasteiger partial charge in [-0.1, -0.05) is 16.8 Å². The predicted molar refractivity (Wildman–Crippen MR) is 80.2 cm³/mol. The van der Waals surface area contributed by atoms with Gasteiger partial charge in [-0.2, -0.15) is 0 Å². The Hall–Kier alpha value is -2.08. The number of benzene rings is 1. The molecule has 5 nitrogen and oxygen atoms in total. The number of carbonyl (C=O) groups is 1. The lowest BCUT2D eigenvalue weighted by Crippen LogP contribution is -2.38. The average Bonchev–Trinajstić information content (AvgIpc) is 2.96. The molecule has 1 aromatic heterocycles. The molecule has 7 heteroatoms. The molecular formula is C15H15ClFN3O2. The average molecular weight is 324 g/mol. The number of anilines is 1. The summed E-state index contributed by atoms with van der Waals surface area (Å²) in [6.45, 7) is 1.20. The lowest BCUT2D eigenvalue weighted by Gasteiger charge is -2.31. The van der Waals surface area contributed by atoms with Crippen molar-refractivity contribution in [2.24, 2.45) is 0 Å². The van der Waals surface area contributed by atoms with Crippen molar-refractivity contribution in [3.63, 3.8) is 0 Å². The summed E-state index contributed by atoms with van der Waals surface area (Å²) in [7, 11) is 0. The zero-order valence-electron chi connectivity index (χ0n) is 11.8. The summed E-state index contributed by atoms with van der Waals surface area (Å²) in [5, 5.41) is 3.88. The van der Waals surface area contributed by atoms with Crippen molar-refractivity contribution in [1.82, 2.24) is 10.1 Å². The van der Waals surface area contributed by atoms with Gasteiger partial charge in [-0.25, -0.2) is 4.39 Å². The van der Waals surface area contributed by atoms with Gasteiger partial charge < -0.3 is 15.2 Å². The largest absolute Gasteiger partial charge is 0.368 e. The van der Waals surface area contributed by atoms with Gasteiger partial charge >= 0.3 is 0 Å². The second-order valence-corrected chi connectivity index (χ2v) is 5.76. The van der Waals surface area contributed by atoms with Crippen LogP contribution in [0.3, 0.4) is 0 Å². The number of nitrogens with two attached hydrogens (primary N) is 1. The first kappa shape index (κ1) is 14.8. The van der Waals surface area contributed by atoms with E-state index in [4.69, 9.17) is 21.9 Å². The van der Waals surface area contributed by atoms with Gasteiger partial charge in [0, 0.05) is 30.6 Å². The highest BCUT2D eigenvalue weighted by Gasteiger charge is 2.26. The van der Waals surface area contributed by atoms with Crippen LogP contribution in [0.15, 0.2) is 28.8 Å². The molecule has 1 saturated heterocycles. The normalized spacial score (nSPS) is 16.0. The Kier molecular flexibility index (Phi) is 4.02. The maximum absolute atomic E-state index is 13.2. The Morgan fingerprint density at radius 2 is 2.09 bits per heavy atom. The summed E-state index contributed by atoms with van der Waals surface area (Å²) in [6, 6.07) is 5.75. The molecule has 1 amide bonds. The maximum Gasteiger partial charge on any atom is 0.253 e. The zero-order valence-corrected chi connectivity index (χ0v) is 12.5. The summed E-state index contributed by atoms with van der Waals surface area (Å²) >= 11 is 5.73. The molecule has 2 heterocycles. The lowest BCUT2D eigenvalue weighted by molar-refractivity contribution is 0.0711. The minimum absolute atomic E-state index is 0.0428. The minimum atomic E-state index is -0.527. The summed E-state index contributed by atoms with van der Waals surface area (Å²) < 4.78 is 18.0. The van der Waals surface area contributed by atoms with E-state index < -0.39 is 5.82 Å². The zero-order chi connectivity index (χ0) is 15.7. The predicted octanol–water partition coefficient (Wildman–Crippen LogP) is 3.07. The standard InChI is InChI=1S/C15H15ClFN3O2/c16-11-7-10(1-2-12(11)17)15(21)20-5-3-9(4-6-20)13-8-14(18)22-19-13/h1-2,7-9H,3-6,18H2. The molecule has 2 N–H and O–H groups in total. The molecule has 0 saturated carbocycles. The molecule has 0 radical (unpaired) electrons. The van der Waals surface area contributed by atoms with Crippen molar-refractivity contribution in [1.29, 1.82) is 0 Å². The molecule has 1 fully saturated rings. The lowest BCUT2D eigenvalue weighted by atomic mass is 9.93. The fraction of sp³-hybridized carbons (Fsp3) is 0.333. The molecule has 0 atom stereocenters. The fourth-order valence-corrected chi connectivity index (χ4v) is 2.87. The number of hydrogen-bond acceptors (Lipinski definition) is 4. The second kappa shape index (κ2) is 5.96. The summed E-state index contributed by atoms with van der Waals surface area (Å²) in [5.74, 6) is -0.128. The number of halogens is 2. The van der Waals surface area contributed by atoms with E-state index in [9.17, 15) is 9.18 Å². The van der Waals surface area contributed by atoms with Crippen molar-refractivity contribution in [2.45, 2.75) is 18.8 Å². The van der Waals surface area contributed by atoms with E-state index in [2.05, 4.69) is 5.16 Å². The number of aromatic nitrogens is 1. The van der Waals surface area contributed by atoms with Gasteiger partial charge in [-0.15, -0.1) is 0 Å². The molecule has 2 aromatic rings. The van der Waals surface area contributed by atoms with Crippen LogP contribution in [-0.2, 0) is 0 Å². The number of nitrogen functional groups attached to an aromatic ring is 1. The molecule has 1 aromatic carbocycles. The van der Waals surface area contributed by atoms with E-state index in [1.807, 2.05) is 0 Å². The molecule has 0 aliphatic carbocycles. The van der Waals surface area contributed by atoms with Crippen molar-refractivity contribution < 1.29 is 13.7 Å². The monoisotopic (exact) mass is 323 g/mol. The van der Waals surface area contributed by atoms with E-state index in [1.165, 1.54) is 18.2 Å². The van der Waals surface area contributed by atoms with Crippen LogP contribution in [0.1, 0.15) is 34.8 Å². The molecule has 0 spiro atoms. The van der Waals surface area contributed by atoms with Crippen LogP contribution in [0.5, 0.6) is 0 Å². The van der Waals surface area contributed by atoms with Crippen LogP contribution >= 0.6 is 11.6 Å². The van der Waals surface area contributed by atoms with E-state index in [0.717, 1.165) is 18.5 Å². The number of nitrogens with zero attached hydrogens (tertiary/aromatic N) is 2. The van der Waals surface area contributed by atoms with Crippen LogP contribution < -0.4 is 5.73 Å². The van der Waals surface area contributed by atoms with Gasteiger partial charge in [-0.05, 0) is 31.0 Å². The number of piperidine rings is 1. The van der Waals surface area contributed by atoms with Gasteiger partial charge in [0.15, 0.2) is 0 Å². The number of hydrogen-bond donors (Lipinski definition) is 1. The van der Waals surface area contributed by atoms with E-state index in [0.29, 0.717) is 24.5 Å². The van der Waals surface area contributed by atoms with Crippen LogP contribution in [0.4, 0.5) is 10.3 Å². The Morgan fingerprint density at radius 3 is 2.68 bits per heavy atom. The topological polar surface area (TPSA) is 72.4 Å². The molecule has 22 heavy (non-hydrogen) atoms. The number of likely N-dealkylation sites (tertiary alicyclic amines) is 1. The van der Waals surface area contributed by atoms with E-state index >= 15 is 0 Å². The summed E-state index contributed by atoms with van der Waals surface area (Å²) in [4.78, 5) is 14.1. The Bertz CT molecular complexity index is 696. The molecule has 0 unspecified atom stereocenters. The molecule has 116 valence electrons. The third-order valence-electron chi connectivity index (χ3n) is 3.91. The first-order chi connectivity index (χ1) is 10.5. The number of rotatable bonds is 2. The smallest absolute Gasteiger partial charge is 0.253 e. The molecule has 0 bridgehead atoms. The van der Waals surface area contributed by atoms with Crippen LogP contribution in [0.2, 0.25) is 5.02 Å². The first-order valence-corrected chi connectivity index (χ1v) is 7.39. The van der Waals surface area contributed by atoms with Crippen molar-refractivity contribution in [2.75, 3.05) is 18.8 Å². The van der Waals surface area contributed by atoms with Gasteiger partial charge in [-0.3, -0.25) is 4.79 Å². The fourth-order valence-electron chi connectivity index (χ4n) is 2.69. The Labute approximate surface area is 131 Å². The Morgan fingerprint density at radius 1 is 1.36 bits per heavy atom. The van der Waals surface area contributed by atoms with Gasteiger partial charge in [0.1, 0.15) is 5.82 Å². The number of carbonyl (C=O) groups excluding carboxylic acids is 1. The third-order valence-corrected chi connectivity index (χ3v) is 4.20. The summed E-state index contributed by atoms with van der Waals surface area (Å²) in [6.07, 6.45) is 1.57. The van der Waals surface area contributed by atoms with E-state index in [1.54, 1.807) is 11.0 Å². The number of amides is 1. The molecule has 3 rings (SSSR count). The van der Waals surface area contributed by atoms with Gasteiger partial charge in [0.25, 0.3) is 5.91 Å². The van der Waals surface area contributed by atoms with Crippen LogP contribution in [0, 0.1) is 5.82 Å². The highest BCUT2D eigenvalue weighted by atomic mass is 35.5. The minimum Gasteiger partial charge on any atom is -0.368 e. The first-order valence-electron chi connectivity index (χ1n) is 7.01. The summed E-state index contributed by atoms with van der Waals surface area (Å²) in [5.41, 5.74) is 6.75. The maximum atomic E-state index is 13.2. The van der Waals surface area contributed by atoms with E-state index in [-0.39, 0.29) is 16.8 Å². The Balaban J connectivity index is 1.65. The molecule has 1 aliphatic heterocycles. The highest BCUT2D eigenvalue weighted by molar-refractivity contribution is 6.31. The quantitative estimate of drug-likeness (QED) is 0.922. The third kappa shape index (κ3) is 2.92. The van der Waals surface area contributed by atoms with Crippen molar-refractivity contribution in [3.8, 4) is 0 Å². The SMILES string of the molecule is Nc1cc(C2CCN(C(=O)c3ccc(F)c(Cl)c3)CC2)no1. The van der Waals surface area contributed by atoms with Gasteiger partial charge in [0.2, 0.25) is 5.88 Å². The van der Waals surface area contributed by atoms with Crippen LogP contribution in [0.25, 0.3) is 0 Å². The molecular weight excluding hydrogens is 309 g/mol. The van der Waals surface area contributed by atoms with Crippen molar-refractivity contribution in [3.05, 3.63) is 46.4 Å². The second-order valence-electron chi connectivity index (χ2n) is 5.35. The van der Waals surface area contributed by atoms with Crippen molar-refractivity contribution >= 4 is 23.4 Å². The van der Waals surface area contributed by atoms with Gasteiger partial charge in [0.05, 0.1) is 10.7 Å². The highest BCUT2D eigenvalue weighted by Crippen LogP contribution is 2.29. The molecule has 1 aliphatic rings.